The summed E-state index contributed by atoms with van der Waals surface area (Å²) in [5.41, 5.74) is 3.82. The summed E-state index contributed by atoms with van der Waals surface area (Å²) in [6.07, 6.45) is 0.501. The van der Waals surface area contributed by atoms with Crippen LogP contribution in [0.4, 0.5) is 5.69 Å². The van der Waals surface area contributed by atoms with Gasteiger partial charge in [-0.15, -0.1) is 0 Å². The SMILES string of the molecule is CCCN1C(=O)[C@](O)(CC(=O)c2c(C)c(C)cc(C)c2C)c2cc(Br)ccc21. The molecule has 5 heteroatoms. The molecule has 0 spiro atoms. The van der Waals surface area contributed by atoms with Gasteiger partial charge in [0.25, 0.3) is 5.91 Å². The first-order chi connectivity index (χ1) is 13.1. The largest absolute Gasteiger partial charge is 0.375 e. The number of anilines is 1. The number of aryl methyl sites for hydroxylation is 2. The minimum absolute atomic E-state index is 0.207. The molecule has 0 bridgehead atoms. The maximum atomic E-state index is 13.3. The Hall–Kier alpha value is -1.98. The average molecular weight is 444 g/mol. The lowest BCUT2D eigenvalue weighted by molar-refractivity contribution is -0.135. The zero-order valence-corrected chi connectivity index (χ0v) is 18.6. The molecule has 1 aliphatic heterocycles. The topological polar surface area (TPSA) is 57.6 Å². The summed E-state index contributed by atoms with van der Waals surface area (Å²) in [6, 6.07) is 7.48. The van der Waals surface area contributed by atoms with E-state index < -0.39 is 11.5 Å². The summed E-state index contributed by atoms with van der Waals surface area (Å²) in [7, 11) is 0. The number of ketones is 1. The van der Waals surface area contributed by atoms with Gasteiger partial charge < -0.3 is 10.0 Å². The van der Waals surface area contributed by atoms with E-state index in [9.17, 15) is 14.7 Å². The summed E-state index contributed by atoms with van der Waals surface area (Å²) in [4.78, 5) is 28.1. The van der Waals surface area contributed by atoms with Gasteiger partial charge in [0.2, 0.25) is 0 Å². The van der Waals surface area contributed by atoms with Gasteiger partial charge in [-0.3, -0.25) is 9.59 Å². The van der Waals surface area contributed by atoms with Crippen molar-refractivity contribution in [2.45, 2.75) is 53.1 Å². The molecule has 1 amide bonds. The summed E-state index contributed by atoms with van der Waals surface area (Å²) in [5.74, 6) is -0.627. The molecule has 1 heterocycles. The highest BCUT2D eigenvalue weighted by molar-refractivity contribution is 9.10. The van der Waals surface area contributed by atoms with E-state index in [0.29, 0.717) is 23.4 Å². The second kappa shape index (κ2) is 7.45. The smallest absolute Gasteiger partial charge is 0.264 e. The molecule has 0 aromatic heterocycles. The van der Waals surface area contributed by atoms with E-state index in [1.807, 2.05) is 46.8 Å². The van der Waals surface area contributed by atoms with Crippen molar-refractivity contribution in [3.63, 3.8) is 0 Å². The molecule has 1 atom stereocenters. The van der Waals surface area contributed by atoms with Crippen LogP contribution in [0.3, 0.4) is 0 Å². The van der Waals surface area contributed by atoms with Crippen molar-refractivity contribution >= 4 is 33.3 Å². The highest BCUT2D eigenvalue weighted by atomic mass is 79.9. The molecule has 4 nitrogen and oxygen atoms in total. The quantitative estimate of drug-likeness (QED) is 0.668. The molecule has 3 rings (SSSR count). The number of hydrogen-bond acceptors (Lipinski definition) is 3. The fourth-order valence-electron chi connectivity index (χ4n) is 4.10. The Labute approximate surface area is 174 Å². The van der Waals surface area contributed by atoms with Crippen LogP contribution in [0.15, 0.2) is 28.7 Å². The third-order valence-corrected chi connectivity index (χ3v) is 6.30. The lowest BCUT2D eigenvalue weighted by Gasteiger charge is -2.24. The van der Waals surface area contributed by atoms with Crippen LogP contribution in [0.25, 0.3) is 0 Å². The van der Waals surface area contributed by atoms with E-state index in [-0.39, 0.29) is 12.2 Å². The van der Waals surface area contributed by atoms with Gasteiger partial charge in [-0.2, -0.15) is 0 Å². The molecule has 0 saturated heterocycles. The van der Waals surface area contributed by atoms with Gasteiger partial charge in [0.05, 0.1) is 12.1 Å². The second-order valence-corrected chi connectivity index (χ2v) is 8.63. The highest BCUT2D eigenvalue weighted by Crippen LogP contribution is 2.44. The van der Waals surface area contributed by atoms with Crippen LogP contribution < -0.4 is 4.90 Å². The Morgan fingerprint density at radius 3 is 2.29 bits per heavy atom. The molecular weight excluding hydrogens is 418 g/mol. The normalized spacial score (nSPS) is 18.5. The molecule has 1 aliphatic rings. The monoisotopic (exact) mass is 443 g/mol. The first-order valence-electron chi connectivity index (χ1n) is 9.56. The Kier molecular flexibility index (Phi) is 5.52. The minimum atomic E-state index is -1.85. The van der Waals surface area contributed by atoms with Crippen LogP contribution >= 0.6 is 15.9 Å². The Balaban J connectivity index is 2.09. The predicted molar refractivity (Wildman–Crippen MR) is 115 cm³/mol. The van der Waals surface area contributed by atoms with Crippen molar-refractivity contribution < 1.29 is 14.7 Å². The van der Waals surface area contributed by atoms with Gasteiger partial charge in [0.1, 0.15) is 0 Å². The first-order valence-corrected chi connectivity index (χ1v) is 10.4. The molecule has 0 radical (unpaired) electrons. The zero-order chi connectivity index (χ0) is 20.8. The summed E-state index contributed by atoms with van der Waals surface area (Å²) in [5, 5.41) is 11.5. The second-order valence-electron chi connectivity index (χ2n) is 7.71. The maximum Gasteiger partial charge on any atom is 0.264 e. The van der Waals surface area contributed by atoms with Crippen LogP contribution in [-0.4, -0.2) is 23.3 Å². The van der Waals surface area contributed by atoms with E-state index in [1.165, 1.54) is 0 Å². The van der Waals surface area contributed by atoms with E-state index in [0.717, 1.165) is 33.1 Å². The fraction of sp³-hybridized carbons (Fsp3) is 0.391. The molecule has 2 aromatic carbocycles. The average Bonchev–Trinajstić information content (AvgIpc) is 2.82. The number of Topliss-reactive ketones (excluding diaryl/α,β-unsaturated/α-hetero) is 1. The van der Waals surface area contributed by atoms with Gasteiger partial charge in [-0.1, -0.05) is 28.9 Å². The molecule has 148 valence electrons. The number of benzene rings is 2. The Morgan fingerprint density at radius 2 is 1.71 bits per heavy atom. The number of carbonyl (C=O) groups is 2. The van der Waals surface area contributed by atoms with Crippen LogP contribution in [-0.2, 0) is 10.4 Å². The number of rotatable bonds is 5. The van der Waals surface area contributed by atoms with E-state index in [2.05, 4.69) is 22.0 Å². The third kappa shape index (κ3) is 3.20. The van der Waals surface area contributed by atoms with Crippen molar-refractivity contribution in [2.75, 3.05) is 11.4 Å². The minimum Gasteiger partial charge on any atom is -0.375 e. The van der Waals surface area contributed by atoms with Crippen molar-refractivity contribution in [2.24, 2.45) is 0 Å². The zero-order valence-electron chi connectivity index (χ0n) is 17.0. The molecule has 1 N–H and O–H groups in total. The predicted octanol–water partition coefficient (Wildman–Crippen LogP) is 4.90. The number of hydrogen-bond donors (Lipinski definition) is 1. The van der Waals surface area contributed by atoms with Gasteiger partial charge >= 0.3 is 0 Å². The van der Waals surface area contributed by atoms with E-state index >= 15 is 0 Å². The van der Waals surface area contributed by atoms with Crippen molar-refractivity contribution in [1.82, 2.24) is 0 Å². The highest BCUT2D eigenvalue weighted by Gasteiger charge is 2.51. The Bertz CT molecular complexity index is 956. The molecule has 2 aromatic rings. The first kappa shape index (κ1) is 20.7. The molecule has 0 saturated carbocycles. The van der Waals surface area contributed by atoms with Crippen molar-refractivity contribution in [1.29, 1.82) is 0 Å². The van der Waals surface area contributed by atoms with Gasteiger partial charge in [-0.05, 0) is 74.6 Å². The molecular formula is C23H26BrNO3. The number of halogens is 1. The van der Waals surface area contributed by atoms with Gasteiger partial charge in [0, 0.05) is 22.1 Å². The third-order valence-electron chi connectivity index (χ3n) is 5.80. The molecule has 28 heavy (non-hydrogen) atoms. The summed E-state index contributed by atoms with van der Waals surface area (Å²) >= 11 is 3.42. The lowest BCUT2D eigenvalue weighted by atomic mass is 9.84. The van der Waals surface area contributed by atoms with E-state index in [1.54, 1.807) is 11.0 Å². The summed E-state index contributed by atoms with van der Waals surface area (Å²) < 4.78 is 0.766. The standard InChI is InChI=1S/C23H26BrNO3/c1-6-9-25-19-8-7-17(24)11-18(19)23(28,22(25)27)12-20(26)21-15(4)13(2)10-14(3)16(21)5/h7-8,10-11,28H,6,9,12H2,1-5H3/t23-/m0/s1. The fourth-order valence-corrected chi connectivity index (χ4v) is 4.46. The van der Waals surface area contributed by atoms with E-state index in [4.69, 9.17) is 0 Å². The van der Waals surface area contributed by atoms with Gasteiger partial charge in [-0.25, -0.2) is 0 Å². The Morgan fingerprint density at radius 1 is 1.11 bits per heavy atom. The number of aliphatic hydroxyl groups is 1. The number of nitrogens with zero attached hydrogens (tertiary/aromatic N) is 1. The van der Waals surface area contributed by atoms with Crippen LogP contribution in [0, 0.1) is 27.7 Å². The van der Waals surface area contributed by atoms with Crippen molar-refractivity contribution in [3.8, 4) is 0 Å². The maximum absolute atomic E-state index is 13.3. The molecule has 0 fully saturated rings. The summed E-state index contributed by atoms with van der Waals surface area (Å²) in [6.45, 7) is 10.3. The lowest BCUT2D eigenvalue weighted by Crippen LogP contribution is -2.42. The number of carbonyl (C=O) groups excluding carboxylic acids is 2. The number of fused-ring (bicyclic) bond motifs is 1. The van der Waals surface area contributed by atoms with Crippen LogP contribution in [0.5, 0.6) is 0 Å². The number of amides is 1. The van der Waals surface area contributed by atoms with Crippen molar-refractivity contribution in [3.05, 3.63) is 62.1 Å². The van der Waals surface area contributed by atoms with Gasteiger partial charge in [0.15, 0.2) is 11.4 Å². The van der Waals surface area contributed by atoms with Crippen LogP contribution in [0.2, 0.25) is 0 Å². The van der Waals surface area contributed by atoms with Crippen LogP contribution in [0.1, 0.15) is 57.9 Å². The molecule has 0 unspecified atom stereocenters. The molecule has 0 aliphatic carbocycles.